The highest BCUT2D eigenvalue weighted by Gasteiger charge is 2.02. The van der Waals surface area contributed by atoms with Gasteiger partial charge in [-0.15, -0.1) is 0 Å². The smallest absolute Gasteiger partial charge is 0.140 e. The van der Waals surface area contributed by atoms with Crippen molar-refractivity contribution in [3.63, 3.8) is 0 Å². The first-order valence-electron chi connectivity index (χ1n) is 4.34. The molecule has 68 valence electrons. The van der Waals surface area contributed by atoms with Crippen molar-refractivity contribution in [3.05, 3.63) is 24.3 Å². The summed E-state index contributed by atoms with van der Waals surface area (Å²) in [6.07, 6.45) is 4.11. The standard InChI is InChI=1S/C11H14N2/c1-11(2,3)7-4-6-10-12-8-5-9-13-10/h5,8-9H,6H2,1-3H3. The average Bonchev–Trinajstić information content (AvgIpc) is 2.04. The third-order valence-corrected chi connectivity index (χ3v) is 1.33. The van der Waals surface area contributed by atoms with Crippen LogP contribution in [0.4, 0.5) is 0 Å². The Morgan fingerprint density at radius 3 is 2.38 bits per heavy atom. The fourth-order valence-electron chi connectivity index (χ4n) is 0.810. The molecular weight excluding hydrogens is 160 g/mol. The molecule has 0 unspecified atom stereocenters. The van der Waals surface area contributed by atoms with Crippen LogP contribution in [0.25, 0.3) is 0 Å². The molecular formula is C11H14N2. The Hall–Kier alpha value is -1.36. The molecule has 0 aromatic carbocycles. The molecule has 0 fully saturated rings. The summed E-state index contributed by atoms with van der Waals surface area (Å²) in [6.45, 7) is 6.27. The Morgan fingerprint density at radius 2 is 1.85 bits per heavy atom. The number of nitrogens with zero attached hydrogens (tertiary/aromatic N) is 2. The highest BCUT2D eigenvalue weighted by Crippen LogP contribution is 2.09. The van der Waals surface area contributed by atoms with Crippen LogP contribution in [0.15, 0.2) is 18.5 Å². The van der Waals surface area contributed by atoms with Crippen molar-refractivity contribution in [1.82, 2.24) is 9.97 Å². The molecule has 0 radical (unpaired) electrons. The summed E-state index contributed by atoms with van der Waals surface area (Å²) >= 11 is 0. The van der Waals surface area contributed by atoms with Gasteiger partial charge in [0.15, 0.2) is 0 Å². The van der Waals surface area contributed by atoms with Crippen molar-refractivity contribution in [2.75, 3.05) is 0 Å². The normalized spacial score (nSPS) is 10.4. The van der Waals surface area contributed by atoms with Crippen LogP contribution in [-0.4, -0.2) is 9.97 Å². The van der Waals surface area contributed by atoms with Crippen molar-refractivity contribution < 1.29 is 0 Å². The Balaban J connectivity index is 2.56. The molecule has 0 saturated carbocycles. The van der Waals surface area contributed by atoms with Crippen molar-refractivity contribution in [3.8, 4) is 11.8 Å². The average molecular weight is 174 g/mol. The fourth-order valence-corrected chi connectivity index (χ4v) is 0.810. The number of aromatic nitrogens is 2. The molecule has 1 heterocycles. The molecule has 0 saturated heterocycles. The minimum absolute atomic E-state index is 0.0643. The number of hydrogen-bond acceptors (Lipinski definition) is 2. The van der Waals surface area contributed by atoms with Gasteiger partial charge in [0.05, 0.1) is 6.42 Å². The van der Waals surface area contributed by atoms with Crippen molar-refractivity contribution in [2.24, 2.45) is 5.41 Å². The van der Waals surface area contributed by atoms with E-state index in [0.29, 0.717) is 6.42 Å². The van der Waals surface area contributed by atoms with Gasteiger partial charge in [-0.3, -0.25) is 0 Å². The monoisotopic (exact) mass is 174 g/mol. The SMILES string of the molecule is CC(C)(C)C#CCc1ncccn1. The van der Waals surface area contributed by atoms with Crippen LogP contribution in [0.2, 0.25) is 0 Å². The zero-order chi connectivity index (χ0) is 9.73. The minimum Gasteiger partial charge on any atom is -0.240 e. The summed E-state index contributed by atoms with van der Waals surface area (Å²) in [5, 5.41) is 0. The van der Waals surface area contributed by atoms with Gasteiger partial charge in [-0.2, -0.15) is 0 Å². The van der Waals surface area contributed by atoms with E-state index in [1.165, 1.54) is 0 Å². The lowest BCUT2D eigenvalue weighted by molar-refractivity contribution is 0.570. The molecule has 0 aliphatic carbocycles. The topological polar surface area (TPSA) is 25.8 Å². The molecule has 0 spiro atoms. The van der Waals surface area contributed by atoms with Crippen LogP contribution in [0, 0.1) is 17.3 Å². The second-order valence-corrected chi connectivity index (χ2v) is 3.89. The van der Waals surface area contributed by atoms with Crippen LogP contribution in [0.5, 0.6) is 0 Å². The predicted molar refractivity (Wildman–Crippen MR) is 53.0 cm³/mol. The molecule has 1 aromatic rings. The summed E-state index contributed by atoms with van der Waals surface area (Å²) in [5.41, 5.74) is 0.0643. The molecule has 0 amide bonds. The van der Waals surface area contributed by atoms with Crippen LogP contribution in [0.1, 0.15) is 26.6 Å². The molecule has 0 bridgehead atoms. The van der Waals surface area contributed by atoms with Gasteiger partial charge >= 0.3 is 0 Å². The maximum absolute atomic E-state index is 4.08. The van der Waals surface area contributed by atoms with Crippen molar-refractivity contribution in [1.29, 1.82) is 0 Å². The van der Waals surface area contributed by atoms with E-state index < -0.39 is 0 Å². The first-order valence-corrected chi connectivity index (χ1v) is 4.34. The second kappa shape index (κ2) is 4.04. The van der Waals surface area contributed by atoms with Gasteiger partial charge in [0.2, 0.25) is 0 Å². The third-order valence-electron chi connectivity index (χ3n) is 1.33. The van der Waals surface area contributed by atoms with Gasteiger partial charge in [0.1, 0.15) is 5.82 Å². The quantitative estimate of drug-likeness (QED) is 0.609. The Bertz CT molecular complexity index is 311. The molecule has 2 heteroatoms. The molecule has 2 nitrogen and oxygen atoms in total. The van der Waals surface area contributed by atoms with Crippen LogP contribution in [-0.2, 0) is 6.42 Å². The van der Waals surface area contributed by atoms with Crippen LogP contribution in [0.3, 0.4) is 0 Å². The maximum Gasteiger partial charge on any atom is 0.140 e. The van der Waals surface area contributed by atoms with E-state index in [1.807, 2.05) is 0 Å². The van der Waals surface area contributed by atoms with Crippen LogP contribution >= 0.6 is 0 Å². The molecule has 1 aromatic heterocycles. The lowest BCUT2D eigenvalue weighted by atomic mass is 9.98. The highest BCUT2D eigenvalue weighted by molar-refractivity contribution is 5.11. The zero-order valence-electron chi connectivity index (χ0n) is 8.33. The highest BCUT2D eigenvalue weighted by atomic mass is 14.8. The first-order chi connectivity index (χ1) is 6.08. The van der Waals surface area contributed by atoms with Gasteiger partial charge in [-0.05, 0) is 26.8 Å². The number of rotatable bonds is 1. The van der Waals surface area contributed by atoms with Crippen molar-refractivity contribution in [2.45, 2.75) is 27.2 Å². The van der Waals surface area contributed by atoms with Gasteiger partial charge in [-0.25, -0.2) is 9.97 Å². The van der Waals surface area contributed by atoms with E-state index in [4.69, 9.17) is 0 Å². The van der Waals surface area contributed by atoms with E-state index in [-0.39, 0.29) is 5.41 Å². The van der Waals surface area contributed by atoms with Crippen molar-refractivity contribution >= 4 is 0 Å². The fraction of sp³-hybridized carbons (Fsp3) is 0.455. The molecule has 0 aliphatic heterocycles. The molecule has 0 N–H and O–H groups in total. The van der Waals surface area contributed by atoms with Gasteiger partial charge in [0.25, 0.3) is 0 Å². The largest absolute Gasteiger partial charge is 0.240 e. The Kier molecular flexibility index (Phi) is 3.02. The van der Waals surface area contributed by atoms with E-state index in [2.05, 4.69) is 42.6 Å². The minimum atomic E-state index is 0.0643. The lowest BCUT2D eigenvalue weighted by Crippen LogP contribution is -2.00. The summed E-state index contributed by atoms with van der Waals surface area (Å²) in [5.74, 6) is 7.00. The summed E-state index contributed by atoms with van der Waals surface area (Å²) in [4.78, 5) is 8.17. The predicted octanol–water partition coefficient (Wildman–Crippen LogP) is 2.07. The van der Waals surface area contributed by atoms with E-state index >= 15 is 0 Å². The summed E-state index contributed by atoms with van der Waals surface area (Å²) in [6, 6.07) is 1.81. The Morgan fingerprint density at radius 1 is 1.23 bits per heavy atom. The lowest BCUT2D eigenvalue weighted by Gasteiger charge is -2.06. The molecule has 13 heavy (non-hydrogen) atoms. The molecule has 0 atom stereocenters. The summed E-state index contributed by atoms with van der Waals surface area (Å²) in [7, 11) is 0. The van der Waals surface area contributed by atoms with Gasteiger partial charge < -0.3 is 0 Å². The first kappa shape index (κ1) is 9.73. The van der Waals surface area contributed by atoms with E-state index in [0.717, 1.165) is 5.82 Å². The van der Waals surface area contributed by atoms with Crippen LogP contribution < -0.4 is 0 Å². The maximum atomic E-state index is 4.08. The zero-order valence-corrected chi connectivity index (χ0v) is 8.33. The van der Waals surface area contributed by atoms with Gasteiger partial charge in [0, 0.05) is 17.8 Å². The van der Waals surface area contributed by atoms with E-state index in [1.54, 1.807) is 18.5 Å². The number of hydrogen-bond donors (Lipinski definition) is 0. The van der Waals surface area contributed by atoms with Gasteiger partial charge in [-0.1, -0.05) is 11.8 Å². The second-order valence-electron chi connectivity index (χ2n) is 3.89. The summed E-state index contributed by atoms with van der Waals surface area (Å²) < 4.78 is 0. The molecule has 1 rings (SSSR count). The molecule has 0 aliphatic rings. The third kappa shape index (κ3) is 4.27. The Labute approximate surface area is 79.4 Å². The van der Waals surface area contributed by atoms with E-state index in [9.17, 15) is 0 Å².